The normalized spacial score (nSPS) is 11.5. The highest BCUT2D eigenvalue weighted by atomic mass is 32.2. The third kappa shape index (κ3) is 4.94. The number of nitrogens with zero attached hydrogens (tertiary/aromatic N) is 1. The van der Waals surface area contributed by atoms with Gasteiger partial charge in [-0.2, -0.15) is 0 Å². The van der Waals surface area contributed by atoms with E-state index < -0.39 is 12.0 Å². The first kappa shape index (κ1) is 19.4. The van der Waals surface area contributed by atoms with Gasteiger partial charge in [-0.05, 0) is 44.1 Å². The standard InChI is InChI=1S/C16H21NO4S2/c1-10-7-6-8-11(2)14(10)17(12(3)15(19)20-4)13(18)9-23-16(22)21-5/h6-8,12H,9H2,1-5H3. The van der Waals surface area contributed by atoms with Crippen LogP contribution in [0.4, 0.5) is 5.69 Å². The fourth-order valence-electron chi connectivity index (χ4n) is 2.25. The first-order valence-electron chi connectivity index (χ1n) is 7.00. The van der Waals surface area contributed by atoms with Crippen molar-refractivity contribution >= 4 is 45.9 Å². The Morgan fingerprint density at radius 3 is 2.26 bits per heavy atom. The minimum atomic E-state index is -0.732. The second kappa shape index (κ2) is 8.88. The van der Waals surface area contributed by atoms with Gasteiger partial charge >= 0.3 is 5.97 Å². The van der Waals surface area contributed by atoms with Crippen LogP contribution in [0.3, 0.4) is 0 Å². The predicted octanol–water partition coefficient (Wildman–Crippen LogP) is 2.86. The van der Waals surface area contributed by atoms with Gasteiger partial charge in [-0.15, -0.1) is 0 Å². The molecule has 0 aliphatic heterocycles. The molecule has 0 aromatic heterocycles. The molecular formula is C16H21NO4S2. The van der Waals surface area contributed by atoms with Gasteiger partial charge in [0.15, 0.2) is 0 Å². The number of thioether (sulfide) groups is 1. The van der Waals surface area contributed by atoms with E-state index in [1.54, 1.807) is 6.92 Å². The van der Waals surface area contributed by atoms with Gasteiger partial charge in [0.05, 0.1) is 25.7 Å². The molecule has 1 aromatic carbocycles. The van der Waals surface area contributed by atoms with Crippen LogP contribution in [0.15, 0.2) is 18.2 Å². The highest BCUT2D eigenvalue weighted by molar-refractivity contribution is 8.23. The number of benzene rings is 1. The van der Waals surface area contributed by atoms with Crippen molar-refractivity contribution in [1.29, 1.82) is 0 Å². The van der Waals surface area contributed by atoms with Gasteiger partial charge < -0.3 is 9.47 Å². The number of carbonyl (C=O) groups excluding carboxylic acids is 2. The summed E-state index contributed by atoms with van der Waals surface area (Å²) in [6.07, 6.45) is 0. The first-order valence-corrected chi connectivity index (χ1v) is 8.39. The molecule has 0 aliphatic carbocycles. The van der Waals surface area contributed by atoms with E-state index in [1.807, 2.05) is 32.0 Å². The number of hydrogen-bond donors (Lipinski definition) is 0. The Morgan fingerprint density at radius 1 is 1.22 bits per heavy atom. The number of hydrogen-bond acceptors (Lipinski definition) is 6. The summed E-state index contributed by atoms with van der Waals surface area (Å²) in [6.45, 7) is 5.45. The van der Waals surface area contributed by atoms with E-state index in [1.165, 1.54) is 19.1 Å². The van der Waals surface area contributed by atoms with Gasteiger partial charge in [-0.3, -0.25) is 9.69 Å². The Morgan fingerprint density at radius 2 is 1.78 bits per heavy atom. The smallest absolute Gasteiger partial charge is 0.328 e. The van der Waals surface area contributed by atoms with Gasteiger partial charge in [0.1, 0.15) is 6.04 Å². The van der Waals surface area contributed by atoms with Gasteiger partial charge in [-0.1, -0.05) is 30.0 Å². The molecule has 1 aromatic rings. The number of anilines is 1. The van der Waals surface area contributed by atoms with Crippen molar-refractivity contribution in [2.24, 2.45) is 0 Å². The van der Waals surface area contributed by atoms with Crippen molar-refractivity contribution in [3.05, 3.63) is 29.3 Å². The maximum Gasteiger partial charge on any atom is 0.328 e. The Balaban J connectivity index is 3.19. The van der Waals surface area contributed by atoms with Crippen molar-refractivity contribution in [2.45, 2.75) is 26.8 Å². The largest absolute Gasteiger partial charge is 0.482 e. The third-order valence-electron chi connectivity index (χ3n) is 3.36. The average Bonchev–Trinajstić information content (AvgIpc) is 2.54. The maximum atomic E-state index is 12.7. The van der Waals surface area contributed by atoms with Crippen LogP contribution in [-0.4, -0.2) is 42.3 Å². The Labute approximate surface area is 146 Å². The van der Waals surface area contributed by atoms with Gasteiger partial charge in [-0.25, -0.2) is 4.79 Å². The molecule has 0 fully saturated rings. The number of esters is 1. The monoisotopic (exact) mass is 355 g/mol. The second-order valence-electron chi connectivity index (χ2n) is 4.95. The molecule has 5 nitrogen and oxygen atoms in total. The van der Waals surface area contributed by atoms with Crippen LogP contribution in [0.2, 0.25) is 0 Å². The fraction of sp³-hybridized carbons (Fsp3) is 0.438. The van der Waals surface area contributed by atoms with Crippen LogP contribution >= 0.6 is 24.0 Å². The summed E-state index contributed by atoms with van der Waals surface area (Å²) in [5.41, 5.74) is 2.54. The Bertz CT molecular complexity index is 583. The summed E-state index contributed by atoms with van der Waals surface area (Å²) in [4.78, 5) is 26.2. The van der Waals surface area contributed by atoms with Crippen LogP contribution in [0.25, 0.3) is 0 Å². The summed E-state index contributed by atoms with van der Waals surface area (Å²) in [7, 11) is 2.77. The van der Waals surface area contributed by atoms with Crippen LogP contribution < -0.4 is 4.90 Å². The number of carbonyl (C=O) groups is 2. The molecule has 0 bridgehead atoms. The van der Waals surface area contributed by atoms with Crippen molar-refractivity contribution < 1.29 is 19.1 Å². The number of methoxy groups -OCH3 is 2. The molecule has 0 spiro atoms. The number of ether oxygens (including phenoxy) is 2. The quantitative estimate of drug-likeness (QED) is 0.598. The maximum absolute atomic E-state index is 12.7. The number of amides is 1. The van der Waals surface area contributed by atoms with E-state index in [-0.39, 0.29) is 16.0 Å². The van der Waals surface area contributed by atoms with Gasteiger partial charge in [0.25, 0.3) is 0 Å². The highest BCUT2D eigenvalue weighted by Gasteiger charge is 2.30. The van der Waals surface area contributed by atoms with Crippen molar-refractivity contribution in [1.82, 2.24) is 0 Å². The topological polar surface area (TPSA) is 55.8 Å². The van der Waals surface area contributed by atoms with Crippen molar-refractivity contribution in [2.75, 3.05) is 24.9 Å². The molecule has 0 heterocycles. The average molecular weight is 355 g/mol. The molecule has 126 valence electrons. The van der Waals surface area contributed by atoms with E-state index in [9.17, 15) is 9.59 Å². The number of rotatable bonds is 5. The van der Waals surface area contributed by atoms with Crippen molar-refractivity contribution in [3.8, 4) is 0 Å². The van der Waals surface area contributed by atoms with Crippen LogP contribution in [0.5, 0.6) is 0 Å². The fourth-order valence-corrected chi connectivity index (χ4v) is 2.92. The minimum Gasteiger partial charge on any atom is -0.482 e. The lowest BCUT2D eigenvalue weighted by molar-refractivity contribution is -0.142. The summed E-state index contributed by atoms with van der Waals surface area (Å²) < 4.78 is 9.98. The van der Waals surface area contributed by atoms with E-state index in [4.69, 9.17) is 21.7 Å². The summed E-state index contributed by atoms with van der Waals surface area (Å²) >= 11 is 6.07. The lowest BCUT2D eigenvalue weighted by atomic mass is 10.1. The second-order valence-corrected chi connectivity index (χ2v) is 6.52. The SMILES string of the molecule is COC(=O)C(C)N(C(=O)CSC(=S)OC)c1c(C)cccc1C. The highest BCUT2D eigenvalue weighted by Crippen LogP contribution is 2.28. The van der Waals surface area contributed by atoms with E-state index in [0.717, 1.165) is 28.6 Å². The van der Waals surface area contributed by atoms with Gasteiger partial charge in [0, 0.05) is 0 Å². The molecule has 0 N–H and O–H groups in total. The molecule has 7 heteroatoms. The Kier molecular flexibility index (Phi) is 7.51. The molecule has 1 unspecified atom stereocenters. The van der Waals surface area contributed by atoms with E-state index >= 15 is 0 Å². The van der Waals surface area contributed by atoms with Gasteiger partial charge in [0.2, 0.25) is 10.3 Å². The molecule has 1 amide bonds. The van der Waals surface area contributed by atoms with Crippen LogP contribution in [0, 0.1) is 13.8 Å². The van der Waals surface area contributed by atoms with Crippen LogP contribution in [0.1, 0.15) is 18.1 Å². The zero-order valence-corrected chi connectivity index (χ0v) is 15.5. The predicted molar refractivity (Wildman–Crippen MR) is 96.9 cm³/mol. The van der Waals surface area contributed by atoms with E-state index in [2.05, 4.69) is 0 Å². The molecule has 1 rings (SSSR count). The summed E-state index contributed by atoms with van der Waals surface area (Å²) in [5.74, 6) is -0.619. The van der Waals surface area contributed by atoms with Crippen LogP contribution in [-0.2, 0) is 19.1 Å². The molecule has 0 aliphatic rings. The van der Waals surface area contributed by atoms with E-state index in [0.29, 0.717) is 0 Å². The zero-order chi connectivity index (χ0) is 17.6. The molecule has 1 atom stereocenters. The minimum absolute atomic E-state index is 0.0851. The molecule has 23 heavy (non-hydrogen) atoms. The molecular weight excluding hydrogens is 334 g/mol. The number of aryl methyl sites for hydroxylation is 2. The number of thiocarbonyl (C=S) groups is 1. The summed E-state index contributed by atoms with van der Waals surface area (Å²) in [6, 6.07) is 4.98. The molecule has 0 radical (unpaired) electrons. The third-order valence-corrected chi connectivity index (χ3v) is 4.67. The lowest BCUT2D eigenvalue weighted by Gasteiger charge is -2.30. The lowest BCUT2D eigenvalue weighted by Crippen LogP contribution is -2.45. The molecule has 0 saturated carbocycles. The zero-order valence-electron chi connectivity index (χ0n) is 13.9. The molecule has 0 saturated heterocycles. The number of para-hydroxylation sites is 1. The Hall–Kier alpha value is -1.60. The first-order chi connectivity index (χ1) is 10.8. The van der Waals surface area contributed by atoms with Crippen molar-refractivity contribution in [3.63, 3.8) is 0 Å². The summed E-state index contributed by atoms with van der Waals surface area (Å²) in [5, 5.41) is 0.